The van der Waals surface area contributed by atoms with Crippen molar-refractivity contribution in [1.82, 2.24) is 10.6 Å². The molecule has 0 radical (unpaired) electrons. The Balaban J connectivity index is 3.77. The zero-order chi connectivity index (χ0) is 14.9. The van der Waals surface area contributed by atoms with Gasteiger partial charge in [0.1, 0.15) is 6.61 Å². The van der Waals surface area contributed by atoms with Gasteiger partial charge in [-0.15, -0.1) is 0 Å². The van der Waals surface area contributed by atoms with Gasteiger partial charge in [-0.1, -0.05) is 0 Å². The predicted octanol–water partition coefficient (Wildman–Crippen LogP) is -0.0359. The molecule has 7 nitrogen and oxygen atoms in total. The molecule has 0 spiro atoms. The lowest BCUT2D eigenvalue weighted by Gasteiger charge is -2.14. The number of ether oxygens (including phenoxy) is 2. The molecule has 0 aliphatic rings. The standard InChI is InChI=1S/C9H15F3N2O5/c1-18-4-6(7(15)16)14-8(17)13-2-3-19-5-9(10,11)12/h6H,2-5H2,1H3,(H,15,16)(H2,13,14,17). The molecule has 19 heavy (non-hydrogen) atoms. The zero-order valence-electron chi connectivity index (χ0n) is 10.1. The first-order chi connectivity index (χ1) is 8.76. The lowest BCUT2D eigenvalue weighted by molar-refractivity contribution is -0.173. The van der Waals surface area contributed by atoms with E-state index in [1.165, 1.54) is 7.11 Å². The number of halogens is 3. The Bertz CT molecular complexity index is 298. The number of carboxylic acid groups (broad SMARTS) is 1. The van der Waals surface area contributed by atoms with Gasteiger partial charge in [0.05, 0.1) is 13.2 Å². The highest BCUT2D eigenvalue weighted by molar-refractivity contribution is 5.82. The van der Waals surface area contributed by atoms with E-state index in [2.05, 4.69) is 20.1 Å². The maximum Gasteiger partial charge on any atom is 0.411 e. The highest BCUT2D eigenvalue weighted by Crippen LogP contribution is 2.13. The van der Waals surface area contributed by atoms with Crippen LogP contribution in [0, 0.1) is 0 Å². The number of amides is 2. The van der Waals surface area contributed by atoms with Gasteiger partial charge in [0, 0.05) is 13.7 Å². The Hall–Kier alpha value is -1.55. The minimum absolute atomic E-state index is 0.179. The Kier molecular flexibility index (Phi) is 7.84. The second kappa shape index (κ2) is 8.53. The fraction of sp³-hybridized carbons (Fsp3) is 0.778. The van der Waals surface area contributed by atoms with E-state index in [0.29, 0.717) is 0 Å². The van der Waals surface area contributed by atoms with Crippen molar-refractivity contribution in [3.63, 3.8) is 0 Å². The van der Waals surface area contributed by atoms with Gasteiger partial charge in [-0.2, -0.15) is 13.2 Å². The molecule has 0 aliphatic carbocycles. The molecule has 0 saturated carbocycles. The minimum Gasteiger partial charge on any atom is -0.480 e. The van der Waals surface area contributed by atoms with Gasteiger partial charge in [0.2, 0.25) is 0 Å². The highest BCUT2D eigenvalue weighted by Gasteiger charge is 2.27. The van der Waals surface area contributed by atoms with Gasteiger partial charge < -0.3 is 25.2 Å². The fourth-order valence-corrected chi connectivity index (χ4v) is 0.975. The third-order valence-electron chi connectivity index (χ3n) is 1.73. The van der Waals surface area contributed by atoms with E-state index in [0.717, 1.165) is 0 Å². The van der Waals surface area contributed by atoms with Gasteiger partial charge in [-0.05, 0) is 0 Å². The number of rotatable bonds is 8. The maximum absolute atomic E-state index is 11.7. The number of carboxylic acids is 1. The summed E-state index contributed by atoms with van der Waals surface area (Å²) in [4.78, 5) is 21.8. The van der Waals surface area contributed by atoms with E-state index < -0.39 is 30.8 Å². The molecule has 0 bridgehead atoms. The van der Waals surface area contributed by atoms with Crippen LogP contribution in [0.2, 0.25) is 0 Å². The molecule has 0 fully saturated rings. The van der Waals surface area contributed by atoms with Crippen molar-refractivity contribution in [2.75, 3.05) is 33.5 Å². The van der Waals surface area contributed by atoms with Gasteiger partial charge in [-0.25, -0.2) is 9.59 Å². The average molecular weight is 288 g/mol. The smallest absolute Gasteiger partial charge is 0.411 e. The maximum atomic E-state index is 11.7. The quantitative estimate of drug-likeness (QED) is 0.545. The van der Waals surface area contributed by atoms with E-state index in [-0.39, 0.29) is 19.8 Å². The van der Waals surface area contributed by atoms with E-state index in [9.17, 15) is 22.8 Å². The van der Waals surface area contributed by atoms with Crippen molar-refractivity contribution < 1.29 is 37.3 Å². The van der Waals surface area contributed by atoms with Crippen LogP contribution in [0.15, 0.2) is 0 Å². The van der Waals surface area contributed by atoms with Crippen molar-refractivity contribution in [3.05, 3.63) is 0 Å². The molecule has 0 aromatic rings. The average Bonchev–Trinajstić information content (AvgIpc) is 2.26. The number of nitrogens with one attached hydrogen (secondary N) is 2. The van der Waals surface area contributed by atoms with Crippen molar-refractivity contribution >= 4 is 12.0 Å². The molecular weight excluding hydrogens is 273 g/mol. The number of carbonyl (C=O) groups excluding carboxylic acids is 1. The molecule has 0 saturated heterocycles. The predicted molar refractivity (Wildman–Crippen MR) is 56.7 cm³/mol. The summed E-state index contributed by atoms with van der Waals surface area (Å²) in [5, 5.41) is 12.9. The van der Waals surface area contributed by atoms with Crippen molar-refractivity contribution in [3.8, 4) is 0 Å². The molecule has 0 heterocycles. The van der Waals surface area contributed by atoms with Crippen LogP contribution in [-0.4, -0.2) is 62.8 Å². The molecule has 2 amide bonds. The molecular formula is C9H15F3N2O5. The fourth-order valence-electron chi connectivity index (χ4n) is 0.975. The minimum atomic E-state index is -4.42. The van der Waals surface area contributed by atoms with Gasteiger partial charge in [-0.3, -0.25) is 0 Å². The van der Waals surface area contributed by atoms with Gasteiger partial charge in [0.15, 0.2) is 6.04 Å². The molecule has 1 atom stereocenters. The van der Waals surface area contributed by atoms with Crippen LogP contribution >= 0.6 is 0 Å². The first-order valence-electron chi connectivity index (χ1n) is 5.17. The Morgan fingerprint density at radius 1 is 1.37 bits per heavy atom. The lowest BCUT2D eigenvalue weighted by atomic mass is 10.3. The summed E-state index contributed by atoms with van der Waals surface area (Å²) in [5.74, 6) is -1.29. The summed E-state index contributed by atoms with van der Waals surface area (Å²) in [6.45, 7) is -2.15. The monoisotopic (exact) mass is 288 g/mol. The summed E-state index contributed by atoms with van der Waals surface area (Å²) in [6.07, 6.45) is -4.42. The first-order valence-corrected chi connectivity index (χ1v) is 5.17. The number of aliphatic carboxylic acids is 1. The summed E-state index contributed by atoms with van der Waals surface area (Å²) < 4.78 is 43.9. The topological polar surface area (TPSA) is 96.9 Å². The molecule has 0 rings (SSSR count). The SMILES string of the molecule is COCC(NC(=O)NCCOCC(F)(F)F)C(=O)O. The number of hydrogen-bond acceptors (Lipinski definition) is 4. The molecule has 0 aliphatic heterocycles. The van der Waals surface area contributed by atoms with Crippen molar-refractivity contribution in [2.24, 2.45) is 0 Å². The number of urea groups is 1. The number of carbonyl (C=O) groups is 2. The number of alkyl halides is 3. The Morgan fingerprint density at radius 3 is 2.47 bits per heavy atom. The van der Waals surface area contributed by atoms with E-state index in [1.807, 2.05) is 0 Å². The summed E-state index contributed by atoms with van der Waals surface area (Å²) >= 11 is 0. The molecule has 0 aromatic carbocycles. The van der Waals surface area contributed by atoms with Gasteiger partial charge in [0.25, 0.3) is 0 Å². The van der Waals surface area contributed by atoms with Crippen LogP contribution < -0.4 is 10.6 Å². The van der Waals surface area contributed by atoms with E-state index in [4.69, 9.17) is 5.11 Å². The summed E-state index contributed by atoms with van der Waals surface area (Å²) in [6, 6.07) is -2.07. The van der Waals surface area contributed by atoms with Gasteiger partial charge >= 0.3 is 18.2 Å². The first kappa shape index (κ1) is 17.4. The molecule has 3 N–H and O–H groups in total. The third-order valence-corrected chi connectivity index (χ3v) is 1.73. The Labute approximate surface area is 107 Å². The van der Waals surface area contributed by atoms with Crippen LogP contribution in [-0.2, 0) is 14.3 Å². The summed E-state index contributed by atoms with van der Waals surface area (Å²) in [7, 11) is 1.26. The zero-order valence-corrected chi connectivity index (χ0v) is 10.1. The van der Waals surface area contributed by atoms with Crippen LogP contribution in [0.3, 0.4) is 0 Å². The molecule has 1 unspecified atom stereocenters. The third kappa shape index (κ3) is 10.1. The number of hydrogen-bond donors (Lipinski definition) is 3. The number of methoxy groups -OCH3 is 1. The largest absolute Gasteiger partial charge is 0.480 e. The second-order valence-corrected chi connectivity index (χ2v) is 3.41. The van der Waals surface area contributed by atoms with Crippen molar-refractivity contribution in [2.45, 2.75) is 12.2 Å². The normalized spacial score (nSPS) is 12.8. The van der Waals surface area contributed by atoms with Crippen LogP contribution in [0.4, 0.5) is 18.0 Å². The highest BCUT2D eigenvalue weighted by atomic mass is 19.4. The second-order valence-electron chi connectivity index (χ2n) is 3.41. The molecule has 112 valence electrons. The van der Waals surface area contributed by atoms with Crippen LogP contribution in [0.5, 0.6) is 0 Å². The summed E-state index contributed by atoms with van der Waals surface area (Å²) in [5.41, 5.74) is 0. The lowest BCUT2D eigenvalue weighted by Crippen LogP contribution is -2.48. The van der Waals surface area contributed by atoms with Crippen molar-refractivity contribution in [1.29, 1.82) is 0 Å². The van der Waals surface area contributed by atoms with Crippen LogP contribution in [0.1, 0.15) is 0 Å². The molecule has 0 aromatic heterocycles. The Morgan fingerprint density at radius 2 is 2.00 bits per heavy atom. The van der Waals surface area contributed by atoms with E-state index in [1.54, 1.807) is 0 Å². The van der Waals surface area contributed by atoms with Crippen LogP contribution in [0.25, 0.3) is 0 Å². The molecule has 10 heteroatoms. The van der Waals surface area contributed by atoms with E-state index >= 15 is 0 Å².